The first-order valence-corrected chi connectivity index (χ1v) is 6.45. The summed E-state index contributed by atoms with van der Waals surface area (Å²) in [5.74, 6) is -0.278. The normalized spacial score (nSPS) is 12.6. The fourth-order valence-corrected chi connectivity index (χ4v) is 2.35. The number of para-hydroxylation sites is 2. The Morgan fingerprint density at radius 1 is 1.42 bits per heavy atom. The molecule has 2 rings (SSSR count). The number of amides is 1. The van der Waals surface area contributed by atoms with E-state index in [1.165, 1.54) is 0 Å². The van der Waals surface area contributed by atoms with E-state index in [4.69, 9.17) is 18.0 Å². The molecule has 0 saturated carbocycles. The zero-order valence-electron chi connectivity index (χ0n) is 10.8. The lowest BCUT2D eigenvalue weighted by atomic mass is 9.95. The van der Waals surface area contributed by atoms with E-state index < -0.39 is 5.92 Å². The predicted molar refractivity (Wildman–Crippen MR) is 79.8 cm³/mol. The zero-order valence-corrected chi connectivity index (χ0v) is 11.6. The molecule has 1 atom stereocenters. The summed E-state index contributed by atoms with van der Waals surface area (Å²) in [6, 6.07) is 7.55. The molecule has 100 valence electrons. The zero-order chi connectivity index (χ0) is 14.0. The molecule has 1 aromatic carbocycles. The van der Waals surface area contributed by atoms with Crippen molar-refractivity contribution in [3.8, 4) is 0 Å². The van der Waals surface area contributed by atoms with Gasteiger partial charge in [-0.15, -0.1) is 0 Å². The van der Waals surface area contributed by atoms with E-state index in [0.29, 0.717) is 5.95 Å². The number of fused-ring (bicyclic) bond motifs is 1. The van der Waals surface area contributed by atoms with Crippen molar-refractivity contribution in [1.29, 1.82) is 0 Å². The van der Waals surface area contributed by atoms with Crippen LogP contribution < -0.4 is 11.1 Å². The summed E-state index contributed by atoms with van der Waals surface area (Å²) < 4.78 is 0. The van der Waals surface area contributed by atoms with Crippen molar-refractivity contribution in [2.75, 3.05) is 5.32 Å². The number of nitrogens with one attached hydrogen (secondary N) is 2. The van der Waals surface area contributed by atoms with E-state index >= 15 is 0 Å². The number of thiocarbonyl (C=S) groups is 1. The van der Waals surface area contributed by atoms with Gasteiger partial charge < -0.3 is 10.7 Å². The molecule has 2 aromatic rings. The molecule has 5 nitrogen and oxygen atoms in total. The minimum atomic E-state index is -0.497. The third-order valence-corrected chi connectivity index (χ3v) is 3.14. The second-order valence-corrected chi connectivity index (χ2v) is 5.19. The molecule has 0 spiro atoms. The summed E-state index contributed by atoms with van der Waals surface area (Å²) >= 11 is 4.94. The van der Waals surface area contributed by atoms with E-state index in [1.807, 2.05) is 38.1 Å². The molecule has 0 saturated heterocycles. The molecule has 0 radical (unpaired) electrons. The van der Waals surface area contributed by atoms with Crippen molar-refractivity contribution in [2.45, 2.75) is 13.8 Å². The van der Waals surface area contributed by atoms with E-state index in [9.17, 15) is 4.79 Å². The molecule has 0 bridgehead atoms. The highest BCUT2D eigenvalue weighted by Gasteiger charge is 2.25. The minimum Gasteiger partial charge on any atom is -0.393 e. The lowest BCUT2D eigenvalue weighted by Gasteiger charge is -2.17. The number of carbonyl (C=O) groups excluding carboxylic acids is 1. The topological polar surface area (TPSA) is 83.8 Å². The third kappa shape index (κ3) is 2.90. The van der Waals surface area contributed by atoms with Gasteiger partial charge in [-0.2, -0.15) is 0 Å². The smallest absolute Gasteiger partial charge is 0.236 e. The number of aromatic nitrogens is 2. The SMILES string of the molecule is CC(C)C(C(=O)Nc1nc2ccccc2[nH]1)C(N)=S. The molecule has 1 amide bonds. The Morgan fingerprint density at radius 2 is 2.11 bits per heavy atom. The molecule has 4 N–H and O–H groups in total. The van der Waals surface area contributed by atoms with E-state index in [-0.39, 0.29) is 16.8 Å². The third-order valence-electron chi connectivity index (χ3n) is 2.89. The van der Waals surface area contributed by atoms with Gasteiger partial charge in [0.25, 0.3) is 0 Å². The summed E-state index contributed by atoms with van der Waals surface area (Å²) in [7, 11) is 0. The van der Waals surface area contributed by atoms with Gasteiger partial charge in [0.05, 0.1) is 21.9 Å². The molecule has 1 heterocycles. The van der Waals surface area contributed by atoms with Crippen LogP contribution >= 0.6 is 12.2 Å². The standard InChI is InChI=1S/C13H16N4OS/c1-7(2)10(11(14)19)12(18)17-13-15-8-5-3-4-6-9(8)16-13/h3-7,10H,1-2H3,(H2,14,19)(H2,15,16,17,18). The van der Waals surface area contributed by atoms with Gasteiger partial charge in [0, 0.05) is 0 Å². The van der Waals surface area contributed by atoms with Gasteiger partial charge >= 0.3 is 0 Å². The maximum absolute atomic E-state index is 12.1. The Bertz CT molecular complexity index is 587. The summed E-state index contributed by atoms with van der Waals surface area (Å²) in [5.41, 5.74) is 7.28. The Balaban J connectivity index is 2.20. The number of hydrogen-bond acceptors (Lipinski definition) is 3. The maximum atomic E-state index is 12.1. The van der Waals surface area contributed by atoms with Crippen LogP contribution in [0.1, 0.15) is 13.8 Å². The summed E-state index contributed by atoms with van der Waals surface area (Å²) in [4.78, 5) is 19.6. The van der Waals surface area contributed by atoms with Crippen molar-refractivity contribution in [1.82, 2.24) is 9.97 Å². The molecular weight excluding hydrogens is 260 g/mol. The monoisotopic (exact) mass is 276 g/mol. The number of benzene rings is 1. The van der Waals surface area contributed by atoms with E-state index in [1.54, 1.807) is 0 Å². The first kappa shape index (κ1) is 13.5. The number of hydrogen-bond donors (Lipinski definition) is 3. The summed E-state index contributed by atoms with van der Waals surface area (Å²) in [6.45, 7) is 3.81. The first-order chi connectivity index (χ1) is 8.99. The number of H-pyrrole nitrogens is 1. The number of aromatic amines is 1. The molecule has 0 aliphatic heterocycles. The van der Waals surface area contributed by atoms with Crippen LogP contribution in [-0.2, 0) is 4.79 Å². The number of carbonyl (C=O) groups is 1. The molecule has 0 aliphatic rings. The summed E-state index contributed by atoms with van der Waals surface area (Å²) in [6.07, 6.45) is 0. The predicted octanol–water partition coefficient (Wildman–Crippen LogP) is 2.06. The van der Waals surface area contributed by atoms with Crippen molar-refractivity contribution in [3.63, 3.8) is 0 Å². The Labute approximate surface area is 116 Å². The number of rotatable bonds is 4. The van der Waals surface area contributed by atoms with Crippen LogP contribution in [0, 0.1) is 11.8 Å². The van der Waals surface area contributed by atoms with Crippen molar-refractivity contribution in [3.05, 3.63) is 24.3 Å². The van der Waals surface area contributed by atoms with Crippen LogP contribution in [0.3, 0.4) is 0 Å². The second kappa shape index (κ2) is 5.36. The van der Waals surface area contributed by atoms with Gasteiger partial charge in [-0.3, -0.25) is 10.1 Å². The number of anilines is 1. The van der Waals surface area contributed by atoms with Crippen LogP contribution in [0.5, 0.6) is 0 Å². The van der Waals surface area contributed by atoms with Gasteiger partial charge in [0.2, 0.25) is 11.9 Å². The van der Waals surface area contributed by atoms with Crippen LogP contribution in [0.2, 0.25) is 0 Å². The average Bonchev–Trinajstić information content (AvgIpc) is 2.69. The largest absolute Gasteiger partial charge is 0.393 e. The van der Waals surface area contributed by atoms with Crippen LogP contribution in [-0.4, -0.2) is 20.9 Å². The molecule has 1 unspecified atom stereocenters. The highest BCUT2D eigenvalue weighted by molar-refractivity contribution is 7.80. The van der Waals surface area contributed by atoms with Gasteiger partial charge in [-0.1, -0.05) is 38.2 Å². The first-order valence-electron chi connectivity index (χ1n) is 6.04. The molecular formula is C13H16N4OS. The summed E-state index contributed by atoms with van der Waals surface area (Å²) in [5, 5.41) is 2.72. The van der Waals surface area contributed by atoms with Crippen LogP contribution in [0.4, 0.5) is 5.95 Å². The Hall–Kier alpha value is -1.95. The van der Waals surface area contributed by atoms with E-state index in [0.717, 1.165) is 11.0 Å². The molecule has 0 fully saturated rings. The molecule has 6 heteroatoms. The van der Waals surface area contributed by atoms with Crippen molar-refractivity contribution < 1.29 is 4.79 Å². The van der Waals surface area contributed by atoms with Gasteiger partial charge in [-0.25, -0.2) is 4.98 Å². The maximum Gasteiger partial charge on any atom is 0.236 e. The fraction of sp³-hybridized carbons (Fsp3) is 0.308. The minimum absolute atomic E-state index is 0.0434. The van der Waals surface area contributed by atoms with Gasteiger partial charge in [-0.05, 0) is 18.1 Å². The number of nitrogens with zero attached hydrogens (tertiary/aromatic N) is 1. The molecule has 1 aromatic heterocycles. The Morgan fingerprint density at radius 3 is 2.68 bits per heavy atom. The van der Waals surface area contributed by atoms with E-state index in [2.05, 4.69) is 15.3 Å². The van der Waals surface area contributed by atoms with Crippen LogP contribution in [0.15, 0.2) is 24.3 Å². The molecule has 19 heavy (non-hydrogen) atoms. The lowest BCUT2D eigenvalue weighted by Crippen LogP contribution is -2.37. The highest BCUT2D eigenvalue weighted by atomic mass is 32.1. The van der Waals surface area contributed by atoms with Crippen molar-refractivity contribution in [2.24, 2.45) is 17.6 Å². The van der Waals surface area contributed by atoms with Crippen LogP contribution in [0.25, 0.3) is 11.0 Å². The van der Waals surface area contributed by atoms with Gasteiger partial charge in [0.15, 0.2) is 0 Å². The average molecular weight is 276 g/mol. The van der Waals surface area contributed by atoms with Gasteiger partial charge in [0.1, 0.15) is 0 Å². The number of imidazole rings is 1. The fourth-order valence-electron chi connectivity index (χ4n) is 1.97. The second-order valence-electron chi connectivity index (χ2n) is 4.72. The number of nitrogens with two attached hydrogens (primary N) is 1. The Kier molecular flexibility index (Phi) is 3.80. The highest BCUT2D eigenvalue weighted by Crippen LogP contribution is 2.17. The van der Waals surface area contributed by atoms with Crippen molar-refractivity contribution >= 4 is 40.1 Å². The molecule has 0 aliphatic carbocycles. The lowest BCUT2D eigenvalue weighted by molar-refractivity contribution is -0.118. The quantitative estimate of drug-likeness (QED) is 0.746.